The molecule has 0 bridgehead atoms. The van der Waals surface area contributed by atoms with Gasteiger partial charge in [-0.25, -0.2) is 14.2 Å². The average Bonchev–Trinajstić information content (AvgIpc) is 3.15. The molecule has 2 N–H and O–H groups in total. The monoisotopic (exact) mass is 436 g/mol. The third kappa shape index (κ3) is 3.52. The Hall–Kier alpha value is -2.65. The van der Waals surface area contributed by atoms with E-state index in [4.69, 9.17) is 16.7 Å². The van der Waals surface area contributed by atoms with Crippen molar-refractivity contribution in [3.05, 3.63) is 39.8 Å². The predicted molar refractivity (Wildman–Crippen MR) is 111 cm³/mol. The molecule has 2 aliphatic rings. The summed E-state index contributed by atoms with van der Waals surface area (Å²) in [6.45, 7) is 0.708. The zero-order chi connectivity index (χ0) is 21.4. The number of aryl methyl sites for hydroxylation is 1. The molecule has 0 unspecified atom stereocenters. The number of allylic oxidation sites excluding steroid dienone is 1. The van der Waals surface area contributed by atoms with Crippen LogP contribution in [0.4, 0.5) is 15.0 Å². The summed E-state index contributed by atoms with van der Waals surface area (Å²) in [7, 11) is 1.94. The summed E-state index contributed by atoms with van der Waals surface area (Å²) in [6, 6.07) is 0.272. The van der Waals surface area contributed by atoms with Crippen molar-refractivity contribution in [2.75, 3.05) is 31.7 Å². The summed E-state index contributed by atoms with van der Waals surface area (Å²) in [5.74, 6) is 0.991. The van der Waals surface area contributed by atoms with Gasteiger partial charge in [-0.1, -0.05) is 23.8 Å². The van der Waals surface area contributed by atoms with Crippen LogP contribution in [0.1, 0.15) is 6.42 Å². The number of aromatic nitrogens is 2. The van der Waals surface area contributed by atoms with Crippen molar-refractivity contribution >= 4 is 34.5 Å². The van der Waals surface area contributed by atoms with Crippen LogP contribution in [0, 0.1) is 11.8 Å². The second-order valence-corrected chi connectivity index (χ2v) is 7.92. The first-order valence-corrected chi connectivity index (χ1v) is 10.1. The minimum atomic E-state index is -1.62. The SMILES string of the molecule is CN[C@@H]1C=CC[C@@H]2CN(c3ncc4c(=O)c(OC(=O)O)cn(CCF)c4c3Cl)C[C@@H]21. The number of likely N-dealkylation sites (N-methyl/N-ethyl adjacent to an activating group) is 1. The molecule has 1 aliphatic carbocycles. The van der Waals surface area contributed by atoms with Crippen LogP contribution in [-0.4, -0.2) is 53.7 Å². The maximum Gasteiger partial charge on any atom is 0.511 e. The number of rotatable bonds is 5. The van der Waals surface area contributed by atoms with Crippen LogP contribution < -0.4 is 20.4 Å². The Balaban J connectivity index is 1.78. The summed E-state index contributed by atoms with van der Waals surface area (Å²) in [6.07, 6.45) is 6.26. The van der Waals surface area contributed by atoms with Gasteiger partial charge in [0.05, 0.1) is 23.6 Å². The third-order valence-corrected chi connectivity index (χ3v) is 6.24. The highest BCUT2D eigenvalue weighted by Gasteiger charge is 2.39. The molecule has 2 aromatic rings. The van der Waals surface area contributed by atoms with Gasteiger partial charge in [-0.15, -0.1) is 0 Å². The lowest BCUT2D eigenvalue weighted by Gasteiger charge is -2.28. The lowest BCUT2D eigenvalue weighted by molar-refractivity contribution is 0.143. The van der Waals surface area contributed by atoms with Crippen molar-refractivity contribution in [3.8, 4) is 5.75 Å². The van der Waals surface area contributed by atoms with Crippen LogP contribution in [0.25, 0.3) is 10.9 Å². The maximum absolute atomic E-state index is 13.2. The van der Waals surface area contributed by atoms with Crippen molar-refractivity contribution < 1.29 is 19.0 Å². The number of fused-ring (bicyclic) bond motifs is 2. The summed E-state index contributed by atoms with van der Waals surface area (Å²) in [5, 5.41) is 12.5. The fourth-order valence-corrected chi connectivity index (χ4v) is 4.92. The van der Waals surface area contributed by atoms with Gasteiger partial charge >= 0.3 is 6.16 Å². The number of halogens is 2. The molecule has 160 valence electrons. The molecule has 4 rings (SSSR count). The van der Waals surface area contributed by atoms with Gasteiger partial charge in [0.2, 0.25) is 5.43 Å². The maximum atomic E-state index is 13.2. The Morgan fingerprint density at radius 2 is 2.27 bits per heavy atom. The first-order valence-electron chi connectivity index (χ1n) is 9.71. The molecule has 0 radical (unpaired) electrons. The van der Waals surface area contributed by atoms with Gasteiger partial charge in [-0.3, -0.25) is 4.79 Å². The Morgan fingerprint density at radius 1 is 1.47 bits per heavy atom. The fourth-order valence-electron chi connectivity index (χ4n) is 4.55. The lowest BCUT2D eigenvalue weighted by atomic mass is 9.82. The molecule has 0 aromatic carbocycles. The first-order chi connectivity index (χ1) is 14.4. The van der Waals surface area contributed by atoms with Gasteiger partial charge in [0.15, 0.2) is 5.75 Å². The third-order valence-electron chi connectivity index (χ3n) is 5.89. The van der Waals surface area contributed by atoms with E-state index in [1.807, 2.05) is 7.05 Å². The Morgan fingerprint density at radius 3 is 2.97 bits per heavy atom. The number of carboxylic acid groups (broad SMARTS) is 1. The lowest BCUT2D eigenvalue weighted by Crippen LogP contribution is -2.38. The van der Waals surface area contributed by atoms with Crippen molar-refractivity contribution in [2.45, 2.75) is 19.0 Å². The van der Waals surface area contributed by atoms with Gasteiger partial charge in [0, 0.05) is 31.2 Å². The van der Waals surface area contributed by atoms with Crippen LogP contribution in [0.5, 0.6) is 5.75 Å². The Kier molecular flexibility index (Phi) is 5.66. The first kappa shape index (κ1) is 20.6. The molecule has 10 heteroatoms. The molecule has 1 saturated heterocycles. The van der Waals surface area contributed by atoms with Crippen LogP contribution >= 0.6 is 11.6 Å². The molecule has 0 saturated carbocycles. The molecular formula is C20H22ClFN4O4. The number of carbonyl (C=O) groups is 1. The van der Waals surface area contributed by atoms with E-state index in [-0.39, 0.29) is 23.0 Å². The summed E-state index contributed by atoms with van der Waals surface area (Å²) >= 11 is 6.69. The molecule has 2 aromatic heterocycles. The molecule has 30 heavy (non-hydrogen) atoms. The van der Waals surface area contributed by atoms with Crippen LogP contribution in [-0.2, 0) is 6.54 Å². The number of anilines is 1. The fraction of sp³-hybridized carbons (Fsp3) is 0.450. The van der Waals surface area contributed by atoms with Crippen molar-refractivity contribution in [3.63, 3.8) is 0 Å². The number of ether oxygens (including phenoxy) is 1. The largest absolute Gasteiger partial charge is 0.511 e. The van der Waals surface area contributed by atoms with E-state index in [9.17, 15) is 14.0 Å². The molecule has 0 spiro atoms. The van der Waals surface area contributed by atoms with Crippen LogP contribution in [0.3, 0.4) is 0 Å². The molecular weight excluding hydrogens is 415 g/mol. The number of alkyl halides is 1. The van der Waals surface area contributed by atoms with Gasteiger partial charge in [-0.05, 0) is 19.4 Å². The summed E-state index contributed by atoms with van der Waals surface area (Å²) < 4.78 is 19.1. The number of nitrogens with one attached hydrogen (secondary N) is 1. The molecule has 8 nitrogen and oxygen atoms in total. The molecule has 1 fully saturated rings. The standard InChI is InChI=1S/C20H22ClFN4O4/c1-23-14-4-2-3-11-8-26(9-13(11)14)19-16(21)17-12(7-24-19)18(27)15(30-20(28)29)10-25(17)6-5-22/h2,4,7,10-11,13-14,23H,3,5-6,8-9H2,1H3,(H,28,29)/t11-,13+,14-/m1/s1. The van der Waals surface area contributed by atoms with Gasteiger partial charge in [0.25, 0.3) is 0 Å². The van der Waals surface area contributed by atoms with Crippen LogP contribution in [0.2, 0.25) is 5.02 Å². The number of hydrogen-bond acceptors (Lipinski definition) is 6. The smallest absolute Gasteiger partial charge is 0.449 e. The van der Waals surface area contributed by atoms with Crippen molar-refractivity contribution in [1.29, 1.82) is 0 Å². The van der Waals surface area contributed by atoms with Gasteiger partial charge in [0.1, 0.15) is 17.5 Å². The van der Waals surface area contributed by atoms with E-state index in [0.29, 0.717) is 23.2 Å². The molecule has 3 heterocycles. The summed E-state index contributed by atoms with van der Waals surface area (Å²) in [5.41, 5.74) is -0.335. The molecule has 3 atom stereocenters. The van der Waals surface area contributed by atoms with Crippen LogP contribution in [0.15, 0.2) is 29.3 Å². The second-order valence-electron chi connectivity index (χ2n) is 7.54. The average molecular weight is 437 g/mol. The topological polar surface area (TPSA) is 96.7 Å². The van der Waals surface area contributed by atoms with Gasteiger partial charge < -0.3 is 24.6 Å². The number of nitrogens with zero attached hydrogens (tertiary/aromatic N) is 3. The van der Waals surface area contributed by atoms with E-state index in [2.05, 4.69) is 32.1 Å². The molecule has 1 aliphatic heterocycles. The predicted octanol–water partition coefficient (Wildman–Crippen LogP) is 2.68. The van der Waals surface area contributed by atoms with Gasteiger partial charge in [-0.2, -0.15) is 0 Å². The Labute approximate surface area is 176 Å². The number of hydrogen-bond donors (Lipinski definition) is 2. The van der Waals surface area contributed by atoms with E-state index in [1.54, 1.807) is 0 Å². The highest BCUT2D eigenvalue weighted by Crippen LogP contribution is 2.39. The zero-order valence-corrected chi connectivity index (χ0v) is 17.1. The minimum Gasteiger partial charge on any atom is -0.449 e. The highest BCUT2D eigenvalue weighted by atomic mass is 35.5. The van der Waals surface area contributed by atoms with E-state index < -0.39 is 24.0 Å². The Bertz CT molecular complexity index is 1070. The normalized spacial score (nSPS) is 23.0. The van der Waals surface area contributed by atoms with E-state index in [1.165, 1.54) is 17.0 Å². The van der Waals surface area contributed by atoms with E-state index in [0.717, 1.165) is 19.5 Å². The quantitative estimate of drug-likeness (QED) is 0.549. The number of pyridine rings is 2. The highest BCUT2D eigenvalue weighted by molar-refractivity contribution is 6.37. The van der Waals surface area contributed by atoms with Crippen molar-refractivity contribution in [1.82, 2.24) is 14.9 Å². The second kappa shape index (κ2) is 8.23. The van der Waals surface area contributed by atoms with E-state index >= 15 is 0 Å². The zero-order valence-electron chi connectivity index (χ0n) is 16.3. The summed E-state index contributed by atoms with van der Waals surface area (Å²) in [4.78, 5) is 30.1. The molecule has 0 amide bonds. The van der Waals surface area contributed by atoms with Crippen molar-refractivity contribution in [2.24, 2.45) is 11.8 Å². The minimum absolute atomic E-state index is 0.0855.